The van der Waals surface area contributed by atoms with E-state index in [0.717, 1.165) is 13.1 Å². The Morgan fingerprint density at radius 1 is 1.33 bits per heavy atom. The maximum absolute atomic E-state index is 12.5. The van der Waals surface area contributed by atoms with E-state index in [0.29, 0.717) is 0 Å². The first-order chi connectivity index (χ1) is 6.75. The average molecular weight is 290 g/mol. The Hall–Kier alpha value is -0.720. The van der Waals surface area contributed by atoms with E-state index >= 15 is 0 Å². The number of hydrogen-bond acceptors (Lipinski definition) is 1. The molecule has 0 radical (unpaired) electrons. The van der Waals surface area contributed by atoms with Crippen LogP contribution in [-0.2, 0) is 6.18 Å². The van der Waals surface area contributed by atoms with Crippen LogP contribution in [0.2, 0.25) is 0 Å². The number of aromatic nitrogens is 1. The van der Waals surface area contributed by atoms with E-state index in [1.54, 1.807) is 0 Å². The topological polar surface area (TPSA) is 12.9 Å². The van der Waals surface area contributed by atoms with Crippen molar-refractivity contribution < 1.29 is 22.0 Å². The lowest BCUT2D eigenvalue weighted by atomic mass is 10.1. The summed E-state index contributed by atoms with van der Waals surface area (Å²) < 4.78 is 62.0. The van der Waals surface area contributed by atoms with Gasteiger partial charge in [-0.1, -0.05) is 0 Å². The van der Waals surface area contributed by atoms with Gasteiger partial charge in [-0.15, -0.1) is 0 Å². The molecule has 1 nitrogen and oxygen atoms in total. The number of rotatable bonds is 1. The third-order valence-electron chi connectivity index (χ3n) is 1.80. The highest BCUT2D eigenvalue weighted by Gasteiger charge is 2.39. The molecular formula is C8H5BrF5N. The molecule has 1 aromatic rings. The molecule has 0 aliphatic carbocycles. The second-order valence-electron chi connectivity index (χ2n) is 2.79. The minimum absolute atomic E-state index is 0.0548. The fraction of sp³-hybridized carbons (Fsp3) is 0.375. The van der Waals surface area contributed by atoms with E-state index in [4.69, 9.17) is 0 Å². The molecule has 0 aliphatic heterocycles. The van der Waals surface area contributed by atoms with Crippen molar-refractivity contribution >= 4 is 15.9 Å². The molecule has 15 heavy (non-hydrogen) atoms. The van der Waals surface area contributed by atoms with Crippen LogP contribution in [0.1, 0.15) is 23.2 Å². The summed E-state index contributed by atoms with van der Waals surface area (Å²) in [7, 11) is 0. The fourth-order valence-corrected chi connectivity index (χ4v) is 1.42. The first-order valence-corrected chi connectivity index (χ1v) is 4.54. The first kappa shape index (κ1) is 12.4. The van der Waals surface area contributed by atoms with Gasteiger partial charge in [-0.3, -0.25) is 4.98 Å². The van der Waals surface area contributed by atoms with Gasteiger partial charge in [-0.25, -0.2) is 8.78 Å². The van der Waals surface area contributed by atoms with Crippen molar-refractivity contribution in [2.75, 3.05) is 0 Å². The van der Waals surface area contributed by atoms with E-state index < -0.39 is 23.9 Å². The SMILES string of the molecule is Cc1c(Br)cnc(C(F)F)c1C(F)(F)F. The molecule has 0 N–H and O–H groups in total. The van der Waals surface area contributed by atoms with Crippen LogP contribution in [-0.4, -0.2) is 4.98 Å². The van der Waals surface area contributed by atoms with Gasteiger partial charge in [0, 0.05) is 10.7 Å². The van der Waals surface area contributed by atoms with Gasteiger partial charge in [0.25, 0.3) is 6.43 Å². The van der Waals surface area contributed by atoms with Crippen molar-refractivity contribution in [2.45, 2.75) is 19.5 Å². The van der Waals surface area contributed by atoms with Gasteiger partial charge in [0.15, 0.2) is 0 Å². The van der Waals surface area contributed by atoms with Crippen LogP contribution >= 0.6 is 15.9 Å². The summed E-state index contributed by atoms with van der Waals surface area (Å²) in [6.07, 6.45) is -7.13. The maximum Gasteiger partial charge on any atom is 0.418 e. The number of hydrogen-bond donors (Lipinski definition) is 0. The highest BCUT2D eigenvalue weighted by atomic mass is 79.9. The lowest BCUT2D eigenvalue weighted by molar-refractivity contribution is -0.140. The van der Waals surface area contributed by atoms with Gasteiger partial charge in [-0.05, 0) is 28.4 Å². The van der Waals surface area contributed by atoms with Gasteiger partial charge in [0.2, 0.25) is 0 Å². The molecule has 0 amide bonds. The van der Waals surface area contributed by atoms with Crippen molar-refractivity contribution in [3.63, 3.8) is 0 Å². The van der Waals surface area contributed by atoms with Crippen molar-refractivity contribution in [3.8, 4) is 0 Å². The highest BCUT2D eigenvalue weighted by Crippen LogP contribution is 2.39. The first-order valence-electron chi connectivity index (χ1n) is 3.75. The Morgan fingerprint density at radius 2 is 1.87 bits per heavy atom. The predicted molar refractivity (Wildman–Crippen MR) is 46.6 cm³/mol. The number of halogens is 6. The van der Waals surface area contributed by atoms with E-state index in [9.17, 15) is 22.0 Å². The largest absolute Gasteiger partial charge is 0.418 e. The summed E-state index contributed by atoms with van der Waals surface area (Å²) in [6, 6.07) is 0. The number of nitrogens with zero attached hydrogens (tertiary/aromatic N) is 1. The Labute approximate surface area is 90.4 Å². The smallest absolute Gasteiger partial charge is 0.253 e. The molecule has 1 rings (SSSR count). The lowest BCUT2D eigenvalue weighted by Gasteiger charge is -2.15. The van der Waals surface area contributed by atoms with Crippen LogP contribution < -0.4 is 0 Å². The number of alkyl halides is 5. The Kier molecular flexibility index (Phi) is 3.32. The standard InChI is InChI=1S/C8H5BrF5N/c1-3-4(9)2-15-6(7(10)11)5(3)8(12,13)14/h2,7H,1H3. The molecule has 0 aliphatic rings. The zero-order valence-corrected chi connectivity index (χ0v) is 8.96. The zero-order valence-electron chi connectivity index (χ0n) is 7.37. The molecule has 0 aromatic carbocycles. The Morgan fingerprint density at radius 3 is 2.27 bits per heavy atom. The van der Waals surface area contributed by atoms with Gasteiger partial charge in [0.05, 0.1) is 5.56 Å². The molecular weight excluding hydrogens is 285 g/mol. The molecule has 7 heteroatoms. The summed E-state index contributed by atoms with van der Waals surface area (Å²) in [4.78, 5) is 3.09. The molecule has 0 bridgehead atoms. The minimum atomic E-state index is -4.83. The van der Waals surface area contributed by atoms with Crippen molar-refractivity contribution in [1.82, 2.24) is 4.98 Å². The predicted octanol–water partition coefficient (Wildman–Crippen LogP) is 4.11. The van der Waals surface area contributed by atoms with Crippen LogP contribution in [0.5, 0.6) is 0 Å². The van der Waals surface area contributed by atoms with Crippen LogP contribution in [0.25, 0.3) is 0 Å². The molecule has 0 saturated carbocycles. The van der Waals surface area contributed by atoms with E-state index in [-0.39, 0.29) is 10.0 Å². The molecule has 84 valence electrons. The average Bonchev–Trinajstić information content (AvgIpc) is 2.06. The highest BCUT2D eigenvalue weighted by molar-refractivity contribution is 9.10. The summed E-state index contributed by atoms with van der Waals surface area (Å²) in [5.41, 5.74) is -2.89. The van der Waals surface area contributed by atoms with Crippen LogP contribution in [0, 0.1) is 6.92 Å². The number of pyridine rings is 1. The van der Waals surface area contributed by atoms with Crippen molar-refractivity contribution in [2.24, 2.45) is 0 Å². The summed E-state index contributed by atoms with van der Waals surface area (Å²) in [5.74, 6) is 0. The second kappa shape index (κ2) is 4.03. The van der Waals surface area contributed by atoms with Gasteiger partial charge < -0.3 is 0 Å². The quantitative estimate of drug-likeness (QED) is 0.709. The third kappa shape index (κ3) is 2.45. The minimum Gasteiger partial charge on any atom is -0.253 e. The van der Waals surface area contributed by atoms with E-state index in [1.165, 1.54) is 0 Å². The normalized spacial score (nSPS) is 12.3. The van der Waals surface area contributed by atoms with E-state index in [2.05, 4.69) is 20.9 Å². The van der Waals surface area contributed by atoms with Crippen molar-refractivity contribution in [1.29, 1.82) is 0 Å². The van der Waals surface area contributed by atoms with Gasteiger partial charge >= 0.3 is 6.18 Å². The summed E-state index contributed by atoms with van der Waals surface area (Å²) in [6.45, 7) is 1.11. The lowest BCUT2D eigenvalue weighted by Crippen LogP contribution is -2.14. The summed E-state index contributed by atoms with van der Waals surface area (Å²) in [5, 5.41) is 0. The molecule has 0 unspecified atom stereocenters. The van der Waals surface area contributed by atoms with Crippen LogP contribution in [0.15, 0.2) is 10.7 Å². The Balaban J connectivity index is 3.49. The third-order valence-corrected chi connectivity index (χ3v) is 2.60. The Bertz CT molecular complexity index is 374. The zero-order chi connectivity index (χ0) is 11.8. The van der Waals surface area contributed by atoms with Gasteiger partial charge in [-0.2, -0.15) is 13.2 Å². The van der Waals surface area contributed by atoms with Gasteiger partial charge in [0.1, 0.15) is 5.69 Å². The van der Waals surface area contributed by atoms with E-state index in [1.807, 2.05) is 0 Å². The van der Waals surface area contributed by atoms with Crippen molar-refractivity contribution in [3.05, 3.63) is 27.5 Å². The van der Waals surface area contributed by atoms with Crippen LogP contribution in [0.4, 0.5) is 22.0 Å². The monoisotopic (exact) mass is 289 g/mol. The molecule has 1 aromatic heterocycles. The molecule has 0 fully saturated rings. The second-order valence-corrected chi connectivity index (χ2v) is 3.64. The molecule has 0 saturated heterocycles. The molecule has 0 spiro atoms. The summed E-state index contributed by atoms with van der Waals surface area (Å²) >= 11 is 2.81. The fourth-order valence-electron chi connectivity index (χ4n) is 1.12. The molecule has 0 atom stereocenters. The van der Waals surface area contributed by atoms with Crippen LogP contribution in [0.3, 0.4) is 0 Å². The molecule has 1 heterocycles. The maximum atomic E-state index is 12.5.